The summed E-state index contributed by atoms with van der Waals surface area (Å²) in [6, 6.07) is 16.2. The molecule has 3 aromatic rings. The number of para-hydroxylation sites is 1. The molecule has 0 radical (unpaired) electrons. The normalized spacial score (nSPS) is 15.9. The molecule has 140 valence electrons. The average molecular weight is 382 g/mol. The van der Waals surface area contributed by atoms with Crippen LogP contribution in [0.2, 0.25) is 0 Å². The smallest absolute Gasteiger partial charge is 0.224 e. The summed E-state index contributed by atoms with van der Waals surface area (Å²) in [5.74, 6) is 1.04. The summed E-state index contributed by atoms with van der Waals surface area (Å²) in [5.41, 5.74) is 2.16. The Morgan fingerprint density at radius 2 is 1.96 bits per heavy atom. The number of hydrogen-bond acceptors (Lipinski definition) is 5. The lowest BCUT2D eigenvalue weighted by Gasteiger charge is -2.22. The lowest BCUT2D eigenvalue weighted by Crippen LogP contribution is -2.32. The van der Waals surface area contributed by atoms with Gasteiger partial charge in [-0.2, -0.15) is 0 Å². The van der Waals surface area contributed by atoms with Gasteiger partial charge in [0.1, 0.15) is 10.8 Å². The molecule has 2 heterocycles. The van der Waals surface area contributed by atoms with Crippen LogP contribution in [0.4, 0.5) is 0 Å². The Labute approximate surface area is 163 Å². The van der Waals surface area contributed by atoms with Crippen LogP contribution in [0, 0.1) is 0 Å². The van der Waals surface area contributed by atoms with Gasteiger partial charge in [0.05, 0.1) is 23.9 Å². The lowest BCUT2D eigenvalue weighted by atomic mass is 10.2. The van der Waals surface area contributed by atoms with E-state index in [0.717, 1.165) is 48.0 Å². The van der Waals surface area contributed by atoms with Crippen LogP contribution in [0.1, 0.15) is 17.0 Å². The fourth-order valence-corrected chi connectivity index (χ4v) is 4.42. The van der Waals surface area contributed by atoms with Crippen LogP contribution >= 0.6 is 11.3 Å². The molecular weight excluding hydrogens is 358 g/mol. The van der Waals surface area contributed by atoms with E-state index in [1.807, 2.05) is 41.3 Å². The molecule has 0 bridgehead atoms. The average Bonchev–Trinajstić information content (AvgIpc) is 3.03. The second-order valence-electron chi connectivity index (χ2n) is 6.77. The zero-order valence-corrected chi connectivity index (χ0v) is 16.2. The predicted molar refractivity (Wildman–Crippen MR) is 108 cm³/mol. The number of carbonyl (C=O) groups is 1. The zero-order chi connectivity index (χ0) is 18.6. The maximum absolute atomic E-state index is 12.6. The first-order valence-corrected chi connectivity index (χ1v) is 10.0. The third-order valence-electron chi connectivity index (χ3n) is 4.89. The summed E-state index contributed by atoms with van der Waals surface area (Å²) >= 11 is 1.74. The molecule has 0 spiro atoms. The predicted octanol–water partition coefficient (Wildman–Crippen LogP) is 3.54. The molecule has 6 heteroatoms. The van der Waals surface area contributed by atoms with E-state index in [-0.39, 0.29) is 5.91 Å². The first-order valence-electron chi connectivity index (χ1n) is 9.19. The minimum absolute atomic E-state index is 0.213. The molecule has 1 aromatic heterocycles. The van der Waals surface area contributed by atoms with Crippen LogP contribution < -0.4 is 4.74 Å². The number of methoxy groups -OCH3 is 1. The molecule has 1 aliphatic heterocycles. The summed E-state index contributed by atoms with van der Waals surface area (Å²) < 4.78 is 6.51. The number of benzene rings is 2. The Balaban J connectivity index is 1.40. The van der Waals surface area contributed by atoms with Crippen LogP contribution in [0.15, 0.2) is 48.5 Å². The van der Waals surface area contributed by atoms with Crippen molar-refractivity contribution >= 4 is 27.5 Å². The summed E-state index contributed by atoms with van der Waals surface area (Å²) in [7, 11) is 1.66. The number of thiazole rings is 1. The molecule has 1 amide bonds. The van der Waals surface area contributed by atoms with E-state index < -0.39 is 0 Å². The maximum atomic E-state index is 12.6. The van der Waals surface area contributed by atoms with E-state index in [1.165, 1.54) is 4.70 Å². The van der Waals surface area contributed by atoms with E-state index >= 15 is 0 Å². The summed E-state index contributed by atoms with van der Waals surface area (Å²) in [6.07, 6.45) is 0.550. The zero-order valence-electron chi connectivity index (χ0n) is 15.4. The molecule has 2 aromatic carbocycles. The van der Waals surface area contributed by atoms with Crippen LogP contribution in [0.5, 0.6) is 5.75 Å². The number of nitrogens with zero attached hydrogens (tertiary/aromatic N) is 3. The van der Waals surface area contributed by atoms with Crippen molar-refractivity contribution in [2.24, 2.45) is 0 Å². The van der Waals surface area contributed by atoms with Gasteiger partial charge in [-0.05, 0) is 29.8 Å². The molecule has 0 atom stereocenters. The van der Waals surface area contributed by atoms with Crippen molar-refractivity contribution in [3.63, 3.8) is 0 Å². The van der Waals surface area contributed by atoms with Crippen LogP contribution in [-0.2, 0) is 17.9 Å². The van der Waals surface area contributed by atoms with Crippen LogP contribution in [-0.4, -0.2) is 47.4 Å². The van der Waals surface area contributed by atoms with E-state index in [9.17, 15) is 4.79 Å². The number of amides is 1. The largest absolute Gasteiger partial charge is 0.497 e. The number of hydrogen-bond donors (Lipinski definition) is 0. The van der Waals surface area contributed by atoms with Gasteiger partial charge in [-0.3, -0.25) is 9.69 Å². The molecule has 0 aliphatic carbocycles. The van der Waals surface area contributed by atoms with Gasteiger partial charge in [-0.15, -0.1) is 11.3 Å². The lowest BCUT2D eigenvalue weighted by molar-refractivity contribution is -0.130. The Hall–Kier alpha value is -2.44. The van der Waals surface area contributed by atoms with Crippen molar-refractivity contribution in [3.8, 4) is 5.75 Å². The van der Waals surface area contributed by atoms with Crippen LogP contribution in [0.3, 0.4) is 0 Å². The molecule has 4 rings (SSSR count). The van der Waals surface area contributed by atoms with Crippen LogP contribution in [0.25, 0.3) is 10.2 Å². The maximum Gasteiger partial charge on any atom is 0.224 e. The molecular formula is C21H23N3O2S. The van der Waals surface area contributed by atoms with Crippen molar-refractivity contribution in [1.82, 2.24) is 14.8 Å². The molecule has 0 N–H and O–H groups in total. The SMILES string of the molecule is COc1cccc(CN2CCN(Cc3nc4ccccc4s3)CCC2=O)c1. The summed E-state index contributed by atoms with van der Waals surface area (Å²) in [6.45, 7) is 3.82. The first kappa shape index (κ1) is 17.9. The molecule has 5 nitrogen and oxygen atoms in total. The number of carbonyl (C=O) groups excluding carboxylic acids is 1. The number of ether oxygens (including phenoxy) is 1. The highest BCUT2D eigenvalue weighted by Crippen LogP contribution is 2.23. The van der Waals surface area contributed by atoms with Crippen molar-refractivity contribution in [1.29, 1.82) is 0 Å². The third-order valence-corrected chi connectivity index (χ3v) is 5.91. The topological polar surface area (TPSA) is 45.7 Å². The van der Waals surface area contributed by atoms with E-state index in [4.69, 9.17) is 9.72 Å². The van der Waals surface area contributed by atoms with Gasteiger partial charge in [-0.1, -0.05) is 24.3 Å². The van der Waals surface area contributed by atoms with Gasteiger partial charge in [-0.25, -0.2) is 4.98 Å². The van der Waals surface area contributed by atoms with E-state index in [1.54, 1.807) is 18.4 Å². The molecule has 1 saturated heterocycles. The van der Waals surface area contributed by atoms with Crippen molar-refractivity contribution < 1.29 is 9.53 Å². The first-order chi connectivity index (χ1) is 13.2. The number of fused-ring (bicyclic) bond motifs is 1. The Bertz CT molecular complexity index is 907. The summed E-state index contributed by atoms with van der Waals surface area (Å²) in [5, 5.41) is 1.12. The second-order valence-corrected chi connectivity index (χ2v) is 7.88. The number of rotatable bonds is 5. The molecule has 1 aliphatic rings. The molecule has 0 saturated carbocycles. The second kappa shape index (κ2) is 8.06. The standard InChI is InChI=1S/C21H23N3O2S/c1-26-17-6-4-5-16(13-17)14-24-12-11-23(10-9-21(24)25)15-20-22-18-7-2-3-8-19(18)27-20/h2-8,13H,9-12,14-15H2,1H3. The van der Waals surface area contributed by atoms with E-state index in [0.29, 0.717) is 13.0 Å². The van der Waals surface area contributed by atoms with Gasteiger partial charge < -0.3 is 9.64 Å². The van der Waals surface area contributed by atoms with Gasteiger partial charge in [0.15, 0.2) is 0 Å². The summed E-state index contributed by atoms with van der Waals surface area (Å²) in [4.78, 5) is 21.6. The van der Waals surface area contributed by atoms with Gasteiger partial charge in [0, 0.05) is 32.6 Å². The van der Waals surface area contributed by atoms with Crippen molar-refractivity contribution in [3.05, 3.63) is 59.1 Å². The quantitative estimate of drug-likeness (QED) is 0.678. The highest BCUT2D eigenvalue weighted by Gasteiger charge is 2.22. The minimum atomic E-state index is 0.213. The Morgan fingerprint density at radius 1 is 1.07 bits per heavy atom. The highest BCUT2D eigenvalue weighted by atomic mass is 32.1. The monoisotopic (exact) mass is 381 g/mol. The van der Waals surface area contributed by atoms with Crippen molar-refractivity contribution in [2.75, 3.05) is 26.7 Å². The van der Waals surface area contributed by atoms with Gasteiger partial charge >= 0.3 is 0 Å². The highest BCUT2D eigenvalue weighted by molar-refractivity contribution is 7.18. The fourth-order valence-electron chi connectivity index (χ4n) is 3.41. The van der Waals surface area contributed by atoms with Gasteiger partial charge in [0.2, 0.25) is 5.91 Å². The van der Waals surface area contributed by atoms with Crippen molar-refractivity contribution in [2.45, 2.75) is 19.5 Å². The third kappa shape index (κ3) is 4.28. The molecule has 1 fully saturated rings. The minimum Gasteiger partial charge on any atom is -0.497 e. The molecule has 27 heavy (non-hydrogen) atoms. The number of aromatic nitrogens is 1. The van der Waals surface area contributed by atoms with E-state index in [2.05, 4.69) is 17.0 Å². The Morgan fingerprint density at radius 3 is 2.81 bits per heavy atom. The Kier molecular flexibility index (Phi) is 5.36. The molecule has 0 unspecified atom stereocenters. The fraction of sp³-hybridized carbons (Fsp3) is 0.333. The van der Waals surface area contributed by atoms with Gasteiger partial charge in [0.25, 0.3) is 0 Å².